The Labute approximate surface area is 133 Å². The average Bonchev–Trinajstić information content (AvgIpc) is 3.01. The lowest BCUT2D eigenvalue weighted by Gasteiger charge is -2.08. The first-order chi connectivity index (χ1) is 11.2. The fraction of sp³-hybridized carbons (Fsp3) is 0.118. The van der Waals surface area contributed by atoms with Crippen molar-refractivity contribution in [2.75, 3.05) is 12.4 Å². The molecule has 1 aromatic heterocycles. The zero-order valence-corrected chi connectivity index (χ0v) is 12.8. The smallest absolute Gasteiger partial charge is 0.337 e. The van der Waals surface area contributed by atoms with Crippen molar-refractivity contribution in [1.82, 2.24) is 15.2 Å². The number of aromatic nitrogens is 3. The number of methoxy groups -OCH3 is 1. The first-order valence-corrected chi connectivity index (χ1v) is 7.10. The molecule has 23 heavy (non-hydrogen) atoms. The summed E-state index contributed by atoms with van der Waals surface area (Å²) in [6, 6.07) is 14.9. The lowest BCUT2D eigenvalue weighted by atomic mass is 10.1. The van der Waals surface area contributed by atoms with Gasteiger partial charge in [-0.3, -0.25) is 5.10 Å². The summed E-state index contributed by atoms with van der Waals surface area (Å²) in [6.45, 7) is 1.86. The number of carbonyl (C=O) groups excluding carboxylic acids is 1. The number of esters is 1. The molecule has 0 aliphatic rings. The molecule has 0 bridgehead atoms. The number of hydrogen-bond donors (Lipinski definition) is 2. The van der Waals surface area contributed by atoms with Gasteiger partial charge in [0, 0.05) is 16.9 Å². The van der Waals surface area contributed by atoms with Gasteiger partial charge in [0.05, 0.1) is 12.7 Å². The molecule has 0 aliphatic heterocycles. The van der Waals surface area contributed by atoms with Crippen molar-refractivity contribution >= 4 is 17.3 Å². The second kappa shape index (κ2) is 6.31. The van der Waals surface area contributed by atoms with Gasteiger partial charge in [0.15, 0.2) is 5.82 Å². The summed E-state index contributed by atoms with van der Waals surface area (Å²) in [6.07, 6.45) is 0. The summed E-state index contributed by atoms with van der Waals surface area (Å²) >= 11 is 0. The third-order valence-corrected chi connectivity index (χ3v) is 3.31. The van der Waals surface area contributed by atoms with E-state index in [1.165, 1.54) is 7.11 Å². The van der Waals surface area contributed by atoms with Crippen molar-refractivity contribution in [3.8, 4) is 11.4 Å². The monoisotopic (exact) mass is 308 g/mol. The van der Waals surface area contributed by atoms with E-state index < -0.39 is 0 Å². The van der Waals surface area contributed by atoms with Crippen molar-refractivity contribution in [2.24, 2.45) is 0 Å². The minimum atomic E-state index is -0.357. The summed E-state index contributed by atoms with van der Waals surface area (Å²) < 4.78 is 4.72. The molecule has 3 rings (SSSR count). The topological polar surface area (TPSA) is 79.9 Å². The van der Waals surface area contributed by atoms with Crippen LogP contribution in [0, 0.1) is 6.92 Å². The highest BCUT2D eigenvalue weighted by Gasteiger charge is 2.06. The van der Waals surface area contributed by atoms with Crippen LogP contribution in [0.1, 0.15) is 16.2 Å². The minimum Gasteiger partial charge on any atom is -0.465 e. The Hall–Kier alpha value is -3.15. The van der Waals surface area contributed by atoms with E-state index in [1.54, 1.807) is 18.2 Å². The predicted octanol–water partition coefficient (Wildman–Crippen LogP) is 3.31. The van der Waals surface area contributed by atoms with E-state index in [4.69, 9.17) is 4.74 Å². The number of benzene rings is 2. The summed E-state index contributed by atoms with van der Waals surface area (Å²) in [5.41, 5.74) is 3.16. The van der Waals surface area contributed by atoms with Crippen LogP contribution in [0.15, 0.2) is 48.5 Å². The zero-order chi connectivity index (χ0) is 16.2. The molecule has 1 heterocycles. The quantitative estimate of drug-likeness (QED) is 0.723. The number of hydrogen-bond acceptors (Lipinski definition) is 5. The SMILES string of the molecule is COC(=O)c1cccc(Nc2ccc(-c3n[nH]c(C)n3)cc2)c1. The summed E-state index contributed by atoms with van der Waals surface area (Å²) in [5.74, 6) is 1.09. The van der Waals surface area contributed by atoms with E-state index in [0.29, 0.717) is 11.4 Å². The summed E-state index contributed by atoms with van der Waals surface area (Å²) in [4.78, 5) is 15.9. The molecule has 0 saturated heterocycles. The molecule has 0 unspecified atom stereocenters. The number of nitrogens with zero attached hydrogens (tertiary/aromatic N) is 2. The van der Waals surface area contributed by atoms with Gasteiger partial charge >= 0.3 is 5.97 Å². The lowest BCUT2D eigenvalue weighted by molar-refractivity contribution is 0.0601. The number of aryl methyl sites for hydroxylation is 1. The summed E-state index contributed by atoms with van der Waals surface area (Å²) in [5, 5.41) is 10.2. The number of carbonyl (C=O) groups is 1. The van der Waals surface area contributed by atoms with Crippen LogP contribution in [0.25, 0.3) is 11.4 Å². The Morgan fingerprint density at radius 3 is 2.57 bits per heavy atom. The second-order valence-electron chi connectivity index (χ2n) is 5.02. The molecular weight excluding hydrogens is 292 g/mol. The van der Waals surface area contributed by atoms with Crippen molar-refractivity contribution in [1.29, 1.82) is 0 Å². The third kappa shape index (κ3) is 3.37. The molecule has 6 nitrogen and oxygen atoms in total. The zero-order valence-electron chi connectivity index (χ0n) is 12.8. The Morgan fingerprint density at radius 1 is 1.13 bits per heavy atom. The van der Waals surface area contributed by atoms with Gasteiger partial charge < -0.3 is 10.1 Å². The van der Waals surface area contributed by atoms with Crippen LogP contribution >= 0.6 is 0 Å². The highest BCUT2D eigenvalue weighted by molar-refractivity contribution is 5.90. The number of anilines is 2. The van der Waals surface area contributed by atoms with Crippen LogP contribution in [0.5, 0.6) is 0 Å². The van der Waals surface area contributed by atoms with Crippen LogP contribution in [-0.2, 0) is 4.74 Å². The van der Waals surface area contributed by atoms with Gasteiger partial charge in [-0.2, -0.15) is 5.10 Å². The molecule has 0 atom stereocenters. The van der Waals surface area contributed by atoms with Gasteiger partial charge in [-0.05, 0) is 49.4 Å². The van der Waals surface area contributed by atoms with Crippen LogP contribution in [0.2, 0.25) is 0 Å². The Bertz CT molecular complexity index is 825. The Kier molecular flexibility index (Phi) is 4.05. The van der Waals surface area contributed by atoms with Crippen molar-refractivity contribution < 1.29 is 9.53 Å². The molecule has 0 fully saturated rings. The number of aromatic amines is 1. The highest BCUT2D eigenvalue weighted by Crippen LogP contribution is 2.21. The van der Waals surface area contributed by atoms with Crippen molar-refractivity contribution in [3.05, 3.63) is 59.9 Å². The fourth-order valence-corrected chi connectivity index (χ4v) is 2.18. The molecule has 3 aromatic rings. The highest BCUT2D eigenvalue weighted by atomic mass is 16.5. The number of H-pyrrole nitrogens is 1. The van der Waals surface area contributed by atoms with E-state index in [2.05, 4.69) is 20.5 Å². The molecule has 116 valence electrons. The average molecular weight is 308 g/mol. The van der Waals surface area contributed by atoms with Gasteiger partial charge in [-0.25, -0.2) is 9.78 Å². The maximum Gasteiger partial charge on any atom is 0.337 e. The summed E-state index contributed by atoms with van der Waals surface area (Å²) in [7, 11) is 1.37. The van der Waals surface area contributed by atoms with Gasteiger partial charge in [0.25, 0.3) is 0 Å². The van der Waals surface area contributed by atoms with E-state index in [0.717, 1.165) is 22.8 Å². The molecule has 0 radical (unpaired) electrons. The second-order valence-corrected chi connectivity index (χ2v) is 5.02. The maximum atomic E-state index is 11.6. The first kappa shape index (κ1) is 14.8. The van der Waals surface area contributed by atoms with Crippen molar-refractivity contribution in [2.45, 2.75) is 6.92 Å². The van der Waals surface area contributed by atoms with Crippen LogP contribution < -0.4 is 5.32 Å². The molecule has 0 saturated carbocycles. The standard InChI is InChI=1S/C17H16N4O2/c1-11-18-16(21-20-11)12-6-8-14(9-7-12)19-15-5-3-4-13(10-15)17(22)23-2/h3-10,19H,1-2H3,(H,18,20,21). The first-order valence-electron chi connectivity index (χ1n) is 7.10. The van der Waals surface area contributed by atoms with Gasteiger partial charge in [0.1, 0.15) is 5.82 Å². The fourth-order valence-electron chi connectivity index (χ4n) is 2.18. The normalized spacial score (nSPS) is 10.3. The van der Waals surface area contributed by atoms with E-state index in [9.17, 15) is 4.79 Å². The van der Waals surface area contributed by atoms with Crippen LogP contribution in [0.4, 0.5) is 11.4 Å². The lowest BCUT2D eigenvalue weighted by Crippen LogP contribution is -2.01. The number of nitrogens with one attached hydrogen (secondary N) is 2. The van der Waals surface area contributed by atoms with E-state index >= 15 is 0 Å². The molecule has 0 amide bonds. The van der Waals surface area contributed by atoms with E-state index in [1.807, 2.05) is 37.3 Å². The number of ether oxygens (including phenoxy) is 1. The van der Waals surface area contributed by atoms with Gasteiger partial charge in [-0.15, -0.1) is 0 Å². The Balaban J connectivity index is 1.77. The molecular formula is C17H16N4O2. The van der Waals surface area contributed by atoms with Crippen LogP contribution in [0.3, 0.4) is 0 Å². The third-order valence-electron chi connectivity index (χ3n) is 3.31. The van der Waals surface area contributed by atoms with E-state index in [-0.39, 0.29) is 5.97 Å². The predicted molar refractivity (Wildman–Crippen MR) is 87.6 cm³/mol. The number of rotatable bonds is 4. The van der Waals surface area contributed by atoms with Gasteiger partial charge in [0.2, 0.25) is 0 Å². The molecule has 2 N–H and O–H groups in total. The van der Waals surface area contributed by atoms with Crippen molar-refractivity contribution in [3.63, 3.8) is 0 Å². The van der Waals surface area contributed by atoms with Crippen LogP contribution in [-0.4, -0.2) is 28.3 Å². The molecule has 2 aromatic carbocycles. The maximum absolute atomic E-state index is 11.6. The molecule has 6 heteroatoms. The molecule has 0 spiro atoms. The minimum absolute atomic E-state index is 0.357. The largest absolute Gasteiger partial charge is 0.465 e. The van der Waals surface area contributed by atoms with Gasteiger partial charge in [-0.1, -0.05) is 6.07 Å². The molecule has 0 aliphatic carbocycles. The Morgan fingerprint density at radius 2 is 1.91 bits per heavy atom.